The molecule has 0 aromatic rings. The molecule has 0 aromatic carbocycles. The lowest BCUT2D eigenvalue weighted by Crippen LogP contribution is -2.40. The molecule has 14 nitrogen and oxygen atoms in total. The van der Waals surface area contributed by atoms with E-state index in [1.54, 1.807) is 18.2 Å². The molecule has 366 valence electrons. The van der Waals surface area contributed by atoms with Crippen LogP contribution in [0.15, 0.2) is 48.6 Å². The van der Waals surface area contributed by atoms with Crippen molar-refractivity contribution in [2.45, 2.75) is 198 Å². The standard InChI is InChI=1S/C47H84NO13PS/c1-3-5-7-9-11-13-15-17-18-19-21-23-25-27-29-34-46(54)58-37-41(38-60-62(56,57)59-36-40(50)35-49)61-47(55)42(48)39-63-44(43(51)31-30-33-45(52)53)32-28-26-24-22-20-16-14-12-10-8-6-4-2/h12,14,20,22,24,26,28,32,40-44,49-51H,3-11,13,15-19,21,23,25,27,29-31,33-39,48H2,1-2H3,(H,52,53)(H,56,57)/b14-12-,22-20-,26-24+,32-28+/t40-,41+,42-,43-,44+/m0/s1. The summed E-state index contributed by atoms with van der Waals surface area (Å²) < 4.78 is 32.9. The molecule has 0 fully saturated rings. The Kier molecular flexibility index (Phi) is 40.8. The minimum Gasteiger partial charge on any atom is -0.481 e. The third-order valence-corrected chi connectivity index (χ3v) is 12.3. The maximum atomic E-state index is 13.2. The van der Waals surface area contributed by atoms with Gasteiger partial charge in [-0.3, -0.25) is 23.4 Å². The summed E-state index contributed by atoms with van der Waals surface area (Å²) in [6.07, 6.45) is 35.4. The van der Waals surface area contributed by atoms with Gasteiger partial charge in [-0.2, -0.15) is 0 Å². The summed E-state index contributed by atoms with van der Waals surface area (Å²) in [5, 5.41) is 37.9. The molecule has 0 spiro atoms. The monoisotopic (exact) mass is 934 g/mol. The topological polar surface area (TPSA) is 232 Å². The number of rotatable bonds is 44. The zero-order valence-corrected chi connectivity index (χ0v) is 40.2. The van der Waals surface area contributed by atoms with Crippen LogP contribution in [0.2, 0.25) is 0 Å². The van der Waals surface area contributed by atoms with Crippen molar-refractivity contribution >= 4 is 37.5 Å². The number of carboxylic acid groups (broad SMARTS) is 1. The summed E-state index contributed by atoms with van der Waals surface area (Å²) in [7, 11) is -4.78. The summed E-state index contributed by atoms with van der Waals surface area (Å²) in [6.45, 7) is 1.78. The van der Waals surface area contributed by atoms with E-state index in [1.807, 2.05) is 18.2 Å². The number of aliphatic carboxylic acids is 1. The smallest absolute Gasteiger partial charge is 0.472 e. The van der Waals surface area contributed by atoms with Gasteiger partial charge in [-0.05, 0) is 38.5 Å². The molecule has 0 aliphatic heterocycles. The fraction of sp³-hybridized carbons (Fsp3) is 0.766. The van der Waals surface area contributed by atoms with Gasteiger partial charge < -0.3 is 40.5 Å². The van der Waals surface area contributed by atoms with Crippen LogP contribution in [-0.2, 0) is 37.5 Å². The molecular weight excluding hydrogens is 850 g/mol. The highest BCUT2D eigenvalue weighted by Gasteiger charge is 2.29. The largest absolute Gasteiger partial charge is 0.481 e. The number of ether oxygens (including phenoxy) is 2. The summed E-state index contributed by atoms with van der Waals surface area (Å²) in [6, 6.07) is -1.24. The molecule has 0 rings (SSSR count). The van der Waals surface area contributed by atoms with Crippen molar-refractivity contribution < 1.29 is 62.8 Å². The van der Waals surface area contributed by atoms with Gasteiger partial charge in [0, 0.05) is 23.8 Å². The Morgan fingerprint density at radius 3 is 1.87 bits per heavy atom. The van der Waals surface area contributed by atoms with Gasteiger partial charge in [0.2, 0.25) is 0 Å². The number of aliphatic hydroxyl groups excluding tert-OH is 3. The van der Waals surface area contributed by atoms with Crippen molar-refractivity contribution in [3.8, 4) is 0 Å². The number of unbranched alkanes of at least 4 members (excludes halogenated alkanes) is 17. The van der Waals surface area contributed by atoms with Crippen LogP contribution in [0.3, 0.4) is 0 Å². The SMILES string of the molecule is CCCCC/C=C\C\C=C/C=C/C=C/[C@@H](SC[C@H](N)C(=O)O[C@H](COC(=O)CCCCCCCCCCCCCCCCC)COP(=O)(O)OC[C@@H](O)CO)[C@@H](O)CCCC(=O)O. The molecule has 6 atom stereocenters. The number of carbonyl (C=O) groups is 3. The predicted octanol–water partition coefficient (Wildman–Crippen LogP) is 9.43. The Morgan fingerprint density at radius 2 is 1.27 bits per heavy atom. The lowest BCUT2D eigenvalue weighted by atomic mass is 10.0. The quantitative estimate of drug-likeness (QED) is 0.0110. The molecule has 0 saturated carbocycles. The van der Waals surface area contributed by atoms with E-state index >= 15 is 0 Å². The van der Waals surface area contributed by atoms with Crippen LogP contribution >= 0.6 is 19.6 Å². The fourth-order valence-electron chi connectivity index (χ4n) is 6.18. The van der Waals surface area contributed by atoms with Crippen LogP contribution in [0.25, 0.3) is 0 Å². The zero-order chi connectivity index (χ0) is 46.8. The molecule has 0 heterocycles. The van der Waals surface area contributed by atoms with Crippen molar-refractivity contribution in [3.63, 3.8) is 0 Å². The number of phosphoric acid groups is 1. The normalized spacial score (nSPS) is 15.5. The molecule has 0 saturated heterocycles. The lowest BCUT2D eigenvalue weighted by Gasteiger charge is -2.23. The number of esters is 2. The number of hydrogen-bond acceptors (Lipinski definition) is 13. The van der Waals surface area contributed by atoms with E-state index in [4.69, 9.17) is 29.9 Å². The van der Waals surface area contributed by atoms with Gasteiger partial charge in [0.1, 0.15) is 18.8 Å². The van der Waals surface area contributed by atoms with Crippen molar-refractivity contribution in [1.82, 2.24) is 0 Å². The third kappa shape index (κ3) is 39.7. The highest BCUT2D eigenvalue weighted by atomic mass is 32.2. The fourth-order valence-corrected chi connectivity index (χ4v) is 8.10. The van der Waals surface area contributed by atoms with Gasteiger partial charge in [-0.15, -0.1) is 11.8 Å². The van der Waals surface area contributed by atoms with E-state index in [9.17, 15) is 34.1 Å². The number of hydrogen-bond donors (Lipinski definition) is 6. The number of thioether (sulfide) groups is 1. The van der Waals surface area contributed by atoms with E-state index in [0.717, 1.165) is 32.1 Å². The molecule has 7 N–H and O–H groups in total. The Morgan fingerprint density at radius 1 is 0.698 bits per heavy atom. The van der Waals surface area contributed by atoms with E-state index in [2.05, 4.69) is 30.5 Å². The van der Waals surface area contributed by atoms with Crippen LogP contribution in [0.5, 0.6) is 0 Å². The molecule has 0 amide bonds. The number of phosphoric ester groups is 1. The third-order valence-electron chi connectivity index (χ3n) is 9.99. The molecule has 0 aromatic heterocycles. The van der Waals surface area contributed by atoms with Gasteiger partial charge in [0.05, 0.1) is 25.9 Å². The van der Waals surface area contributed by atoms with Crippen LogP contribution in [0.4, 0.5) is 0 Å². The molecule has 0 radical (unpaired) electrons. The Bertz CT molecular complexity index is 1310. The summed E-state index contributed by atoms with van der Waals surface area (Å²) in [5.41, 5.74) is 6.19. The van der Waals surface area contributed by atoms with E-state index in [0.29, 0.717) is 6.42 Å². The second-order valence-corrected chi connectivity index (χ2v) is 18.7. The number of nitrogens with two attached hydrogens (primary N) is 1. The zero-order valence-electron chi connectivity index (χ0n) is 38.4. The van der Waals surface area contributed by atoms with Crippen LogP contribution in [-0.4, -0.2) is 105 Å². The van der Waals surface area contributed by atoms with E-state index in [1.165, 1.54) is 102 Å². The highest BCUT2D eigenvalue weighted by Crippen LogP contribution is 2.43. The summed E-state index contributed by atoms with van der Waals surface area (Å²) in [5.74, 6) is -2.46. The van der Waals surface area contributed by atoms with Gasteiger partial charge in [0.25, 0.3) is 0 Å². The Hall–Kier alpha value is -2.33. The number of allylic oxidation sites excluding steroid dienone is 7. The van der Waals surface area contributed by atoms with E-state index in [-0.39, 0.29) is 31.4 Å². The van der Waals surface area contributed by atoms with Gasteiger partial charge >= 0.3 is 25.7 Å². The van der Waals surface area contributed by atoms with Crippen molar-refractivity contribution in [3.05, 3.63) is 48.6 Å². The second kappa shape index (κ2) is 42.3. The van der Waals surface area contributed by atoms with Crippen LogP contribution in [0.1, 0.15) is 168 Å². The van der Waals surface area contributed by atoms with Crippen LogP contribution in [0, 0.1) is 0 Å². The summed E-state index contributed by atoms with van der Waals surface area (Å²) in [4.78, 5) is 46.9. The Labute approximate surface area is 383 Å². The molecule has 63 heavy (non-hydrogen) atoms. The number of aliphatic hydroxyl groups is 3. The van der Waals surface area contributed by atoms with Crippen molar-refractivity contribution in [1.29, 1.82) is 0 Å². The maximum Gasteiger partial charge on any atom is 0.472 e. The minimum atomic E-state index is -4.78. The van der Waals surface area contributed by atoms with Crippen molar-refractivity contribution in [2.75, 3.05) is 32.2 Å². The number of carbonyl (C=O) groups excluding carboxylic acids is 2. The average Bonchev–Trinajstić information content (AvgIpc) is 3.26. The van der Waals surface area contributed by atoms with E-state index < -0.39 is 81.8 Å². The van der Waals surface area contributed by atoms with Crippen LogP contribution < -0.4 is 5.73 Å². The first-order valence-electron chi connectivity index (χ1n) is 23.5. The minimum absolute atomic E-state index is 0.0226. The average molecular weight is 934 g/mol. The molecular formula is C47H84NO13PS. The first-order valence-corrected chi connectivity index (χ1v) is 26.1. The molecule has 1 unspecified atom stereocenters. The highest BCUT2D eigenvalue weighted by molar-refractivity contribution is 8.00. The first-order chi connectivity index (χ1) is 30.3. The maximum absolute atomic E-state index is 13.2. The second-order valence-electron chi connectivity index (χ2n) is 16.0. The van der Waals surface area contributed by atoms with Gasteiger partial charge in [0.15, 0.2) is 6.10 Å². The van der Waals surface area contributed by atoms with Gasteiger partial charge in [-0.1, -0.05) is 165 Å². The number of carboxylic acids is 1. The molecule has 0 bridgehead atoms. The first kappa shape index (κ1) is 60.7. The van der Waals surface area contributed by atoms with Gasteiger partial charge in [-0.25, -0.2) is 4.57 Å². The Balaban J connectivity index is 5.17. The predicted molar refractivity (Wildman–Crippen MR) is 252 cm³/mol. The van der Waals surface area contributed by atoms with Crippen molar-refractivity contribution in [2.24, 2.45) is 5.73 Å². The molecule has 16 heteroatoms. The summed E-state index contributed by atoms with van der Waals surface area (Å²) >= 11 is 1.17. The molecule has 0 aliphatic rings. The lowest BCUT2D eigenvalue weighted by molar-refractivity contribution is -0.161. The molecule has 0 aliphatic carbocycles.